The fourth-order valence-corrected chi connectivity index (χ4v) is 6.42. The summed E-state index contributed by atoms with van der Waals surface area (Å²) in [4.78, 5) is 28.3. The van der Waals surface area contributed by atoms with Crippen molar-refractivity contribution in [3.63, 3.8) is 0 Å². The zero-order valence-corrected chi connectivity index (χ0v) is 24.7. The number of rotatable bonds is 9. The van der Waals surface area contributed by atoms with Gasteiger partial charge in [-0.2, -0.15) is 0 Å². The van der Waals surface area contributed by atoms with Crippen LogP contribution >= 0.6 is 23.2 Å². The van der Waals surface area contributed by atoms with E-state index in [1.165, 1.54) is 31.1 Å². The number of carboxylic acids is 1. The van der Waals surface area contributed by atoms with Crippen molar-refractivity contribution in [1.82, 2.24) is 10.2 Å². The van der Waals surface area contributed by atoms with Crippen molar-refractivity contribution in [2.45, 2.75) is 43.7 Å². The Morgan fingerprint density at radius 3 is 2.33 bits per heavy atom. The van der Waals surface area contributed by atoms with E-state index in [1.807, 2.05) is 0 Å². The number of methoxy groups -OCH3 is 1. The van der Waals surface area contributed by atoms with Crippen molar-refractivity contribution < 1.29 is 33.7 Å². The van der Waals surface area contributed by atoms with Crippen molar-refractivity contribution in [2.24, 2.45) is 5.92 Å². The smallest absolute Gasteiger partial charge is 0.308 e. The van der Waals surface area contributed by atoms with Gasteiger partial charge in [0.15, 0.2) is 5.72 Å². The largest absolute Gasteiger partial charge is 0.481 e. The maximum Gasteiger partial charge on any atom is 0.308 e. The van der Waals surface area contributed by atoms with Crippen LogP contribution in [0.3, 0.4) is 0 Å². The molecular formula is C31H31Cl2FN2O6. The highest BCUT2D eigenvalue weighted by Gasteiger charge is 2.58. The van der Waals surface area contributed by atoms with Gasteiger partial charge < -0.3 is 19.7 Å². The molecule has 0 radical (unpaired) electrons. The topological polar surface area (TPSA) is 108 Å². The molecule has 2 aliphatic heterocycles. The number of carbonyl (C=O) groups is 2. The number of carbonyl (C=O) groups excluding carboxylic acids is 1. The molecule has 2 aliphatic rings. The number of ether oxygens (including phenoxy) is 2. The van der Waals surface area contributed by atoms with E-state index in [0.717, 1.165) is 0 Å². The molecule has 0 spiro atoms. The molecule has 5 atom stereocenters. The predicted octanol–water partition coefficient (Wildman–Crippen LogP) is 5.44. The van der Waals surface area contributed by atoms with Crippen LogP contribution in [0.4, 0.5) is 4.39 Å². The highest BCUT2D eigenvalue weighted by molar-refractivity contribution is 6.30. The minimum atomic E-state index is -1.88. The first kappa shape index (κ1) is 30.4. The second-order valence-electron chi connectivity index (χ2n) is 10.6. The van der Waals surface area contributed by atoms with E-state index in [-0.39, 0.29) is 36.4 Å². The first-order chi connectivity index (χ1) is 20.0. The van der Waals surface area contributed by atoms with Crippen molar-refractivity contribution in [3.05, 3.63) is 104 Å². The van der Waals surface area contributed by atoms with Gasteiger partial charge in [0.05, 0.1) is 42.5 Å². The summed E-state index contributed by atoms with van der Waals surface area (Å²) in [6.45, 7) is 3.66. The number of amides is 1. The summed E-state index contributed by atoms with van der Waals surface area (Å²) in [6, 6.07) is 13.9. The van der Waals surface area contributed by atoms with Gasteiger partial charge >= 0.3 is 5.97 Å². The molecule has 11 heteroatoms. The lowest BCUT2D eigenvalue weighted by Gasteiger charge is -2.44. The van der Waals surface area contributed by atoms with E-state index in [9.17, 15) is 19.8 Å². The van der Waals surface area contributed by atoms with E-state index in [4.69, 9.17) is 32.7 Å². The van der Waals surface area contributed by atoms with Crippen molar-refractivity contribution >= 4 is 35.1 Å². The summed E-state index contributed by atoms with van der Waals surface area (Å²) in [6.07, 6.45) is 0.209. The molecule has 3 aromatic carbocycles. The zero-order chi connectivity index (χ0) is 30.4. The van der Waals surface area contributed by atoms with Crippen LogP contribution in [0.2, 0.25) is 10.0 Å². The molecule has 42 heavy (non-hydrogen) atoms. The number of halogens is 3. The first-order valence-corrected chi connectivity index (χ1v) is 14.3. The Balaban J connectivity index is 1.81. The Labute approximate surface area is 252 Å². The summed E-state index contributed by atoms with van der Waals surface area (Å²) in [7, 11) is 1.34. The molecule has 0 aromatic heterocycles. The average Bonchev–Trinajstić information content (AvgIpc) is 3.61. The number of benzene rings is 3. The molecular weight excluding hydrogens is 586 g/mol. The molecule has 3 N–H and O–H groups in total. The fraction of sp³-hybridized carbons (Fsp3) is 0.355. The Morgan fingerprint density at radius 1 is 1.19 bits per heavy atom. The van der Waals surface area contributed by atoms with Crippen molar-refractivity contribution in [3.8, 4) is 0 Å². The number of aliphatic carboxylic acids is 1. The van der Waals surface area contributed by atoms with Crippen LogP contribution in [0.15, 0.2) is 60.7 Å². The Bertz CT molecular complexity index is 1500. The Hall–Kier alpha value is -3.05. The summed E-state index contributed by atoms with van der Waals surface area (Å²) >= 11 is 12.3. The number of aliphatic hydroxyl groups is 1. The van der Waals surface area contributed by atoms with Crippen molar-refractivity contribution in [2.75, 3.05) is 20.4 Å². The van der Waals surface area contributed by atoms with Crippen LogP contribution in [0.1, 0.15) is 58.9 Å². The predicted molar refractivity (Wildman–Crippen MR) is 155 cm³/mol. The van der Waals surface area contributed by atoms with Crippen LogP contribution in [0, 0.1) is 11.7 Å². The van der Waals surface area contributed by atoms with E-state index < -0.39 is 47.0 Å². The van der Waals surface area contributed by atoms with Gasteiger partial charge in [-0.05, 0) is 60.9 Å². The van der Waals surface area contributed by atoms with Gasteiger partial charge in [0.25, 0.3) is 5.91 Å². The molecule has 2 heterocycles. The molecule has 3 aromatic rings. The second-order valence-corrected chi connectivity index (χ2v) is 11.5. The molecule has 0 saturated carbocycles. The molecule has 0 bridgehead atoms. The highest BCUT2D eigenvalue weighted by atomic mass is 35.5. The third-order valence-electron chi connectivity index (χ3n) is 8.43. The van der Waals surface area contributed by atoms with Gasteiger partial charge in [-0.15, -0.1) is 0 Å². The molecule has 222 valence electrons. The lowest BCUT2D eigenvalue weighted by atomic mass is 9.81. The van der Waals surface area contributed by atoms with Crippen molar-refractivity contribution in [1.29, 1.82) is 0 Å². The normalized spacial score (nSPS) is 23.0. The van der Waals surface area contributed by atoms with Gasteiger partial charge in [-0.3, -0.25) is 19.8 Å². The molecule has 1 fully saturated rings. The molecule has 1 saturated heterocycles. The minimum absolute atomic E-state index is 0.0517. The minimum Gasteiger partial charge on any atom is -0.481 e. The third-order valence-corrected chi connectivity index (χ3v) is 8.94. The SMILES string of the molecule is CC[C@](O)(c1cc(F)c2c(c1)C(=O)N([C@H](c1ccc(Cl)cc1)[C@H](C)C(=O)O)[C@]2(OC)c1ccc(Cl)cc1)C1COCN1. The molecule has 1 unspecified atom stereocenters. The van der Waals surface area contributed by atoms with Crippen LogP contribution < -0.4 is 5.32 Å². The summed E-state index contributed by atoms with van der Waals surface area (Å²) in [5, 5.41) is 25.8. The van der Waals surface area contributed by atoms with E-state index >= 15 is 4.39 Å². The quantitative estimate of drug-likeness (QED) is 0.294. The summed E-state index contributed by atoms with van der Waals surface area (Å²) < 4.78 is 28.1. The van der Waals surface area contributed by atoms with Gasteiger partial charge in [0.2, 0.25) is 0 Å². The van der Waals surface area contributed by atoms with Gasteiger partial charge in [0, 0.05) is 22.7 Å². The third kappa shape index (κ3) is 4.78. The first-order valence-electron chi connectivity index (χ1n) is 13.5. The average molecular weight is 618 g/mol. The van der Waals surface area contributed by atoms with Crippen LogP contribution in [0.5, 0.6) is 0 Å². The number of nitrogens with one attached hydrogen (secondary N) is 1. The summed E-state index contributed by atoms with van der Waals surface area (Å²) in [5.74, 6) is -3.78. The molecule has 8 nitrogen and oxygen atoms in total. The number of hydrogen-bond acceptors (Lipinski definition) is 6. The van der Waals surface area contributed by atoms with E-state index in [2.05, 4.69) is 5.32 Å². The molecule has 5 rings (SSSR count). The standard InChI is InChI=1S/C31H31Cl2FN2O6/c1-4-30(40,25-15-42-16-35-25)20-13-23-26(24(34)14-20)31(41-3,19-7-11-22(33)12-8-19)36(28(23)37)27(17(2)29(38)39)18-5-9-21(32)10-6-18/h5-14,17,25,27,35,40H,4,15-16H2,1-3H3,(H,38,39)/t17-,25?,27-,30-,31-/m0/s1. The van der Waals surface area contributed by atoms with Crippen LogP contribution in [0.25, 0.3) is 0 Å². The Morgan fingerprint density at radius 2 is 1.81 bits per heavy atom. The maximum absolute atomic E-state index is 16.6. The lowest BCUT2D eigenvalue weighted by molar-refractivity contribution is -0.149. The second kappa shape index (κ2) is 11.6. The maximum atomic E-state index is 16.6. The molecule has 1 amide bonds. The van der Waals surface area contributed by atoms with Crippen LogP contribution in [-0.2, 0) is 25.6 Å². The fourth-order valence-electron chi connectivity index (χ4n) is 6.17. The highest BCUT2D eigenvalue weighted by Crippen LogP contribution is 2.52. The number of fused-ring (bicyclic) bond motifs is 1. The van der Waals surface area contributed by atoms with Gasteiger partial charge in [-0.1, -0.05) is 54.4 Å². The van der Waals surface area contributed by atoms with Gasteiger partial charge in [-0.25, -0.2) is 4.39 Å². The van der Waals surface area contributed by atoms with Crippen LogP contribution in [-0.4, -0.2) is 53.5 Å². The lowest BCUT2D eigenvalue weighted by Crippen LogP contribution is -2.51. The Kier molecular flexibility index (Phi) is 8.37. The van der Waals surface area contributed by atoms with E-state index in [1.54, 1.807) is 55.5 Å². The number of nitrogens with zero attached hydrogens (tertiary/aromatic N) is 1. The van der Waals surface area contributed by atoms with Gasteiger partial charge in [0.1, 0.15) is 11.4 Å². The zero-order valence-electron chi connectivity index (χ0n) is 23.2. The monoisotopic (exact) mass is 616 g/mol. The number of carboxylic acid groups (broad SMARTS) is 1. The van der Waals surface area contributed by atoms with E-state index in [0.29, 0.717) is 21.2 Å². The summed E-state index contributed by atoms with van der Waals surface area (Å²) in [5.41, 5.74) is -2.57. The number of hydrogen-bond donors (Lipinski definition) is 3. The molecule has 0 aliphatic carbocycles.